The predicted octanol–water partition coefficient (Wildman–Crippen LogP) is 4.29. The zero-order chi connectivity index (χ0) is 18.1. The molecule has 1 aromatic carbocycles. The Morgan fingerprint density at radius 3 is 2.73 bits per heavy atom. The van der Waals surface area contributed by atoms with Crippen molar-refractivity contribution in [2.75, 3.05) is 0 Å². The van der Waals surface area contributed by atoms with E-state index in [0.717, 1.165) is 5.56 Å². The maximum atomic E-state index is 8.16. The van der Waals surface area contributed by atoms with Crippen molar-refractivity contribution in [3.05, 3.63) is 46.3 Å². The van der Waals surface area contributed by atoms with Crippen LogP contribution in [0.1, 0.15) is 33.4 Å². The third-order valence-corrected chi connectivity index (χ3v) is 1.51. The summed E-state index contributed by atoms with van der Waals surface area (Å²) in [7, 11) is 0. The molecular weight excluding hydrogens is 138 g/mol. The van der Waals surface area contributed by atoms with Crippen molar-refractivity contribution in [2.45, 2.75) is 13.0 Å². The van der Waals surface area contributed by atoms with Crippen molar-refractivity contribution < 1.29 is 14.8 Å². The lowest BCUT2D eigenvalue weighted by molar-refractivity contribution is 0.808. The van der Waals surface area contributed by atoms with Gasteiger partial charge in [0.1, 0.15) is 0 Å². The summed E-state index contributed by atoms with van der Waals surface area (Å²) in [6.07, 6.45) is 0. The van der Waals surface area contributed by atoms with Gasteiger partial charge in [-0.25, -0.2) is 0 Å². The molecule has 1 atom stereocenters. The molecule has 0 unspecified atom stereocenters. The van der Waals surface area contributed by atoms with Crippen LogP contribution in [-0.2, 0) is 0 Å². The maximum absolute atomic E-state index is 8.16. The van der Waals surface area contributed by atoms with E-state index in [9.17, 15) is 0 Å². The smallest absolute Gasteiger partial charge is 0.0597 e. The molecule has 1 aromatic rings. The van der Waals surface area contributed by atoms with Crippen LogP contribution in [0.4, 0.5) is 0 Å². The summed E-state index contributed by atoms with van der Waals surface area (Å²) < 4.78 is 50.0. The fourth-order valence-electron chi connectivity index (χ4n) is 0.876. The number of nitrogens with zero attached hydrogens (tertiary/aromatic N) is 3. The van der Waals surface area contributed by atoms with Gasteiger partial charge in [-0.05, 0) is 11.1 Å². The van der Waals surface area contributed by atoms with Gasteiger partial charge in [0.05, 0.1) is 6.04 Å². The van der Waals surface area contributed by atoms with Crippen LogP contribution in [0.25, 0.3) is 10.4 Å². The standard InChI is InChI=1S/C8H9N3.5H2/c1-7(10-11-9)8-5-3-2-4-6-8;;;;;/h2-7H,1H3;5*1H/t7-;;;;;/m0...../s1/i;5*1+1D. The van der Waals surface area contributed by atoms with E-state index in [1.165, 1.54) is 0 Å². The molecule has 0 bridgehead atoms. The maximum Gasteiger partial charge on any atom is 0.0597 e. The number of hydrogen-bond acceptors (Lipinski definition) is 1. The molecule has 0 heterocycles. The zero-order valence-corrected chi connectivity index (χ0v) is 6.31. The van der Waals surface area contributed by atoms with Crippen LogP contribution < -0.4 is 0 Å². The van der Waals surface area contributed by atoms with Crippen LogP contribution in [0, 0.1) is 0 Å². The topological polar surface area (TPSA) is 48.8 Å². The second-order valence-electron chi connectivity index (χ2n) is 2.29. The number of azide groups is 1. The highest BCUT2D eigenvalue weighted by Crippen LogP contribution is 2.15. The predicted molar refractivity (Wildman–Crippen MR) is 54.6 cm³/mol. The van der Waals surface area contributed by atoms with Gasteiger partial charge in [0, 0.05) is 19.8 Å². The van der Waals surface area contributed by atoms with Crippen LogP contribution in [0.2, 0.25) is 0 Å². The molecule has 0 aliphatic carbocycles. The van der Waals surface area contributed by atoms with E-state index in [4.69, 9.17) is 20.4 Å². The second-order valence-corrected chi connectivity index (χ2v) is 2.29. The van der Waals surface area contributed by atoms with Crippen LogP contribution in [0.3, 0.4) is 0 Å². The summed E-state index contributed by atoms with van der Waals surface area (Å²) >= 11 is 0. The van der Waals surface area contributed by atoms with Crippen LogP contribution >= 0.6 is 0 Å². The van der Waals surface area contributed by atoms with Crippen LogP contribution in [0.5, 0.6) is 0 Å². The molecule has 0 aliphatic rings. The normalized spacial score (nSPS) is 15.4. The van der Waals surface area contributed by atoms with E-state index >= 15 is 0 Å². The van der Waals surface area contributed by atoms with Crippen molar-refractivity contribution in [1.29, 1.82) is 0 Å². The SMILES string of the molecule is C[C@H](N=[N+]=[N-])c1ccccc1.[2H][2H].[2H][2H].[2H][2H].[2H][2H].[2H][2H]. The van der Waals surface area contributed by atoms with Crippen molar-refractivity contribution in [1.82, 2.24) is 0 Å². The molecule has 1 rings (SSSR count). The summed E-state index contributed by atoms with van der Waals surface area (Å²) in [5, 5.41) is 3.58. The quantitative estimate of drug-likeness (QED) is 0.358. The Labute approximate surface area is 80.7 Å². The number of rotatable bonds is 2. The van der Waals surface area contributed by atoms with Gasteiger partial charge in [0.15, 0.2) is 0 Å². The van der Waals surface area contributed by atoms with E-state index in [1.807, 2.05) is 37.3 Å². The fourth-order valence-corrected chi connectivity index (χ4v) is 0.876. The molecule has 0 amide bonds. The van der Waals surface area contributed by atoms with E-state index in [0.29, 0.717) is 0 Å². The van der Waals surface area contributed by atoms with Gasteiger partial charge >= 0.3 is 0 Å². The highest BCUT2D eigenvalue weighted by molar-refractivity contribution is 5.17. The van der Waals surface area contributed by atoms with E-state index in [2.05, 4.69) is 10.0 Å². The summed E-state index contributed by atoms with van der Waals surface area (Å²) in [4.78, 5) is 2.74. The third-order valence-electron chi connectivity index (χ3n) is 1.51. The Morgan fingerprint density at radius 2 is 2.18 bits per heavy atom. The zero-order valence-electron chi connectivity index (χ0n) is 16.3. The largest absolute Gasteiger partial charge is 0.0862 e. The van der Waals surface area contributed by atoms with Gasteiger partial charge in [-0.1, -0.05) is 42.4 Å². The van der Waals surface area contributed by atoms with Crippen molar-refractivity contribution in [2.24, 2.45) is 5.11 Å². The molecule has 0 N–H and O–H groups in total. The van der Waals surface area contributed by atoms with Gasteiger partial charge in [-0.3, -0.25) is 0 Å². The lowest BCUT2D eigenvalue weighted by Crippen LogP contribution is -1.85. The van der Waals surface area contributed by atoms with Crippen LogP contribution in [-0.4, -0.2) is 0 Å². The average molecular weight is 167 g/mol. The van der Waals surface area contributed by atoms with Gasteiger partial charge in [-0.2, -0.15) is 0 Å². The van der Waals surface area contributed by atoms with Gasteiger partial charge < -0.3 is 0 Å². The Hall–Kier alpha value is -1.47. The first kappa shape index (κ1) is 3.28. The Bertz CT molecular complexity index is 283. The molecule has 0 aromatic heterocycles. The summed E-state index contributed by atoms with van der Waals surface area (Å²) in [6, 6.07) is 9.61. The lowest BCUT2D eigenvalue weighted by atomic mass is 10.1. The molecule has 3 nitrogen and oxygen atoms in total. The number of benzene rings is 1. The van der Waals surface area contributed by atoms with Crippen molar-refractivity contribution >= 4 is 0 Å². The van der Waals surface area contributed by atoms with E-state index < -0.39 is 0 Å². The van der Waals surface area contributed by atoms with Gasteiger partial charge in [0.25, 0.3) is 0 Å². The van der Waals surface area contributed by atoms with Crippen molar-refractivity contribution in [3.8, 4) is 0 Å². The van der Waals surface area contributed by atoms with E-state index in [-0.39, 0.29) is 6.04 Å². The fraction of sp³-hybridized carbons (Fsp3) is 0.250. The van der Waals surface area contributed by atoms with Crippen molar-refractivity contribution in [3.63, 3.8) is 0 Å². The first-order valence-corrected chi connectivity index (χ1v) is 3.43. The summed E-state index contributed by atoms with van der Waals surface area (Å²) in [5.41, 5.74) is 9.20. The molecular formula is C8H19N3. The Balaban J connectivity index is -0.0000000727. The second kappa shape index (κ2) is 3.64. The highest BCUT2D eigenvalue weighted by atomic mass is 15.1. The Morgan fingerprint density at radius 1 is 1.55 bits per heavy atom. The molecule has 66 valence electrons. The average Bonchev–Trinajstić information content (AvgIpc) is 2.64. The molecule has 0 spiro atoms. The van der Waals surface area contributed by atoms with Gasteiger partial charge in [-0.15, -0.1) is 0 Å². The Kier molecular flexibility index (Phi) is 1.09. The summed E-state index contributed by atoms with van der Waals surface area (Å²) in [5.74, 6) is 0. The van der Waals surface area contributed by atoms with E-state index in [1.54, 1.807) is 0 Å². The highest BCUT2D eigenvalue weighted by Gasteiger charge is 1.98. The number of hydrogen-bond donors (Lipinski definition) is 0. The first-order valence-electron chi connectivity index (χ1n) is 8.43. The molecule has 11 heavy (non-hydrogen) atoms. The minimum atomic E-state index is -0.0683. The lowest BCUT2D eigenvalue weighted by Gasteiger charge is -2.01. The molecule has 0 aliphatic heterocycles. The minimum Gasteiger partial charge on any atom is -0.0862 e. The molecule has 0 radical (unpaired) electrons. The third kappa shape index (κ3) is 1.99. The molecule has 0 saturated heterocycles. The van der Waals surface area contributed by atoms with Crippen LogP contribution in [0.15, 0.2) is 35.4 Å². The molecule has 3 heteroatoms. The summed E-state index contributed by atoms with van der Waals surface area (Å²) in [6.45, 7) is 1.87. The van der Waals surface area contributed by atoms with Gasteiger partial charge in [0.2, 0.25) is 0 Å². The monoisotopic (exact) mass is 167 g/mol. The molecule has 0 fully saturated rings. The minimum absolute atomic E-state index is 0.0683. The molecule has 0 saturated carbocycles. The first-order chi connectivity index (χ1) is 10.3.